The third kappa shape index (κ3) is 14.1. The average Bonchev–Trinajstić information content (AvgIpc) is 2.48. The van der Waals surface area contributed by atoms with Gasteiger partial charge in [-0.15, -0.1) is 0 Å². The van der Waals surface area contributed by atoms with E-state index >= 15 is 0 Å². The maximum atomic E-state index is 3.67. The quantitative estimate of drug-likeness (QED) is 0.359. The second-order valence-electron chi connectivity index (χ2n) is 7.24. The van der Waals surface area contributed by atoms with E-state index in [0.29, 0.717) is 24.2 Å². The fourth-order valence-corrected chi connectivity index (χ4v) is 3.23. The van der Waals surface area contributed by atoms with Gasteiger partial charge in [-0.3, -0.25) is 0 Å². The van der Waals surface area contributed by atoms with Crippen LogP contribution < -0.4 is 47.9 Å². The number of nitrogens with zero attached hydrogens (tertiary/aromatic N) is 2. The number of rotatable bonds is 0. The summed E-state index contributed by atoms with van der Waals surface area (Å²) >= 11 is 2.27. The molecule has 1 aliphatic heterocycles. The normalized spacial score (nSPS) is 32.0. The molecular weight excluding hydrogens is 414 g/mol. The van der Waals surface area contributed by atoms with Crippen LogP contribution in [0.3, 0.4) is 0 Å². The third-order valence-corrected chi connectivity index (χ3v) is 6.15. The van der Waals surface area contributed by atoms with E-state index in [1.807, 2.05) is 0 Å². The number of halogens is 3. The van der Waals surface area contributed by atoms with Crippen molar-refractivity contribution in [2.45, 2.75) is 77.5 Å². The summed E-state index contributed by atoms with van der Waals surface area (Å²) in [5.74, 6) is 0. The Balaban J connectivity index is -0.00000161. The van der Waals surface area contributed by atoms with E-state index in [4.69, 9.17) is 0 Å². The van der Waals surface area contributed by atoms with Crippen molar-refractivity contribution in [1.29, 1.82) is 0 Å². The summed E-state index contributed by atoms with van der Waals surface area (Å²) in [5.41, 5.74) is 0. The van der Waals surface area contributed by atoms with E-state index < -0.39 is 0 Å². The van der Waals surface area contributed by atoms with Crippen molar-refractivity contribution in [1.82, 2.24) is 18.9 Å². The monoisotopic (exact) mass is 450 g/mol. The van der Waals surface area contributed by atoms with Crippen molar-refractivity contribution in [3.05, 3.63) is 0 Å². The van der Waals surface area contributed by atoms with Crippen LogP contribution in [0.25, 0.3) is 0 Å². The molecule has 150 valence electrons. The Morgan fingerprint density at radius 1 is 0.720 bits per heavy atom. The van der Waals surface area contributed by atoms with Crippen LogP contribution in [0.4, 0.5) is 0 Å². The fourth-order valence-electron chi connectivity index (χ4n) is 2.83. The zero-order chi connectivity index (χ0) is 16.5. The molecule has 1 heterocycles. The fraction of sp³-hybridized carbons (Fsp3) is 1.00. The molecule has 0 aromatic rings. The van der Waals surface area contributed by atoms with Crippen molar-refractivity contribution in [2.75, 3.05) is 33.2 Å². The predicted molar refractivity (Wildman–Crippen MR) is 91.7 cm³/mol. The Morgan fingerprint density at radius 2 is 1.24 bits per heavy atom. The minimum Gasteiger partial charge on any atom is -1.00 e. The standard InChI is InChI=1S/C17H37N4.3ClH.Ti/c1-14-7-11-19-16(3)9-13-21(5)17(4)8-12-20-15(2)6-10-18-14;;;;/h14-19H,6-13H2,1-5H3;3*1H;/q-1;;;;+4/p-3. The molecule has 2 N–H and O–H groups in total. The van der Waals surface area contributed by atoms with Crippen LogP contribution in [0.1, 0.15) is 53.4 Å². The molecule has 25 heavy (non-hydrogen) atoms. The van der Waals surface area contributed by atoms with Crippen LogP contribution >= 0.6 is 0 Å². The molecule has 1 saturated heterocycles. The molecule has 1 rings (SSSR count). The SMILES string of the molecule is CC1CCNC(C)CCN(C)C(C)CC[N]([Ti+3])C(C)CCN1.[Cl-].[Cl-].[Cl-]. The first kappa shape index (κ1) is 31.1. The number of hydrogen-bond donors (Lipinski definition) is 2. The van der Waals surface area contributed by atoms with Gasteiger partial charge in [0.1, 0.15) is 0 Å². The van der Waals surface area contributed by atoms with Gasteiger partial charge in [0.15, 0.2) is 0 Å². The molecule has 0 saturated carbocycles. The predicted octanol–water partition coefficient (Wildman–Crippen LogP) is -7.00. The Labute approximate surface area is 186 Å². The average molecular weight is 452 g/mol. The summed E-state index contributed by atoms with van der Waals surface area (Å²) in [6.07, 6.45) is 4.92. The summed E-state index contributed by atoms with van der Waals surface area (Å²) in [7, 11) is 2.27. The molecule has 4 unspecified atom stereocenters. The maximum Gasteiger partial charge on any atom is -1.00 e. The molecule has 0 bridgehead atoms. The zero-order valence-corrected chi connectivity index (χ0v) is 20.3. The Kier molecular flexibility index (Phi) is 21.8. The van der Waals surface area contributed by atoms with Gasteiger partial charge in [-0.25, -0.2) is 0 Å². The number of nitrogens with one attached hydrogen (secondary N) is 2. The van der Waals surface area contributed by atoms with E-state index in [-0.39, 0.29) is 37.2 Å². The maximum absolute atomic E-state index is 3.67. The van der Waals surface area contributed by atoms with Gasteiger partial charge in [0.05, 0.1) is 0 Å². The van der Waals surface area contributed by atoms with Gasteiger partial charge >= 0.3 is 150 Å². The molecule has 0 amide bonds. The van der Waals surface area contributed by atoms with E-state index in [9.17, 15) is 0 Å². The number of hydrogen-bond acceptors (Lipinski definition) is 4. The first-order valence-electron chi connectivity index (χ1n) is 9.05. The van der Waals surface area contributed by atoms with Crippen molar-refractivity contribution in [2.24, 2.45) is 0 Å². The second-order valence-corrected chi connectivity index (χ2v) is 8.13. The Hall–Kier alpha value is 1.42. The Bertz CT molecular complexity index is 303. The molecule has 0 aromatic carbocycles. The van der Waals surface area contributed by atoms with Crippen LogP contribution in [-0.2, 0) is 20.7 Å². The molecule has 0 spiro atoms. The molecule has 0 aliphatic carbocycles. The minimum atomic E-state index is 0. The summed E-state index contributed by atoms with van der Waals surface area (Å²) in [4.78, 5) is 2.52. The molecule has 1 fully saturated rings. The third-order valence-electron chi connectivity index (χ3n) is 5.11. The van der Waals surface area contributed by atoms with E-state index in [1.54, 1.807) is 0 Å². The smallest absolute Gasteiger partial charge is 1.00 e. The Morgan fingerprint density at radius 3 is 1.84 bits per heavy atom. The van der Waals surface area contributed by atoms with Crippen molar-refractivity contribution >= 4 is 0 Å². The molecule has 0 radical (unpaired) electrons. The summed E-state index contributed by atoms with van der Waals surface area (Å²) < 4.78 is 2.52. The summed E-state index contributed by atoms with van der Waals surface area (Å²) in [5, 5.41) is 7.34. The first-order chi connectivity index (χ1) is 10.4. The van der Waals surface area contributed by atoms with Gasteiger partial charge in [0, 0.05) is 0 Å². The van der Waals surface area contributed by atoms with Crippen molar-refractivity contribution < 1.29 is 57.9 Å². The molecular formula is C17H37Cl3N4Ti. The topological polar surface area (TPSA) is 30.5 Å². The van der Waals surface area contributed by atoms with E-state index in [1.165, 1.54) is 38.8 Å². The van der Waals surface area contributed by atoms with Crippen LogP contribution in [0, 0.1) is 0 Å². The summed E-state index contributed by atoms with van der Waals surface area (Å²) in [6, 6.07) is 2.53. The van der Waals surface area contributed by atoms with Gasteiger partial charge in [0.2, 0.25) is 0 Å². The molecule has 4 atom stereocenters. The van der Waals surface area contributed by atoms with Crippen LogP contribution in [0.5, 0.6) is 0 Å². The largest absolute Gasteiger partial charge is 1.00 e. The van der Waals surface area contributed by atoms with E-state index in [0.717, 1.165) is 13.1 Å². The van der Waals surface area contributed by atoms with Gasteiger partial charge < -0.3 is 37.2 Å². The van der Waals surface area contributed by atoms with Crippen molar-refractivity contribution in [3.8, 4) is 0 Å². The van der Waals surface area contributed by atoms with Gasteiger partial charge in [-0.05, 0) is 0 Å². The molecule has 4 nitrogen and oxygen atoms in total. The van der Waals surface area contributed by atoms with Gasteiger partial charge in [-0.1, -0.05) is 0 Å². The van der Waals surface area contributed by atoms with Crippen LogP contribution in [-0.4, -0.2) is 65.7 Å². The van der Waals surface area contributed by atoms with Gasteiger partial charge in [0.25, 0.3) is 0 Å². The van der Waals surface area contributed by atoms with Crippen molar-refractivity contribution in [3.63, 3.8) is 0 Å². The second kappa shape index (κ2) is 17.5. The van der Waals surface area contributed by atoms with E-state index in [2.05, 4.69) is 74.3 Å². The minimum absolute atomic E-state index is 0. The molecule has 0 aromatic heterocycles. The summed E-state index contributed by atoms with van der Waals surface area (Å²) in [6.45, 7) is 13.9. The molecule has 8 heteroatoms. The van der Waals surface area contributed by atoms with Gasteiger partial charge in [-0.2, -0.15) is 0 Å². The molecule has 1 aliphatic rings. The van der Waals surface area contributed by atoms with Crippen LogP contribution in [0.15, 0.2) is 0 Å². The first-order valence-corrected chi connectivity index (χ1v) is 9.74. The van der Waals surface area contributed by atoms with Crippen LogP contribution in [0.2, 0.25) is 0 Å². The zero-order valence-electron chi connectivity index (χ0n) is 16.5.